The van der Waals surface area contributed by atoms with Crippen molar-refractivity contribution in [3.05, 3.63) is 23.8 Å². The molecule has 134 valence electrons. The molecule has 2 aliphatic rings. The van der Waals surface area contributed by atoms with Crippen molar-refractivity contribution in [2.75, 3.05) is 19.6 Å². The molecule has 7 heteroatoms. The summed E-state index contributed by atoms with van der Waals surface area (Å²) >= 11 is 0. The van der Waals surface area contributed by atoms with Gasteiger partial charge >= 0.3 is 6.09 Å². The van der Waals surface area contributed by atoms with Crippen LogP contribution in [-0.4, -0.2) is 51.2 Å². The zero-order chi connectivity index (χ0) is 17.6. The molecule has 1 saturated heterocycles. The van der Waals surface area contributed by atoms with Crippen LogP contribution in [-0.2, 0) is 4.74 Å². The van der Waals surface area contributed by atoms with Gasteiger partial charge in [-0.1, -0.05) is 0 Å². The number of nitrogens with zero attached hydrogens (tertiary/aromatic N) is 3. The Morgan fingerprint density at radius 3 is 2.84 bits per heavy atom. The van der Waals surface area contributed by atoms with Crippen LogP contribution < -0.4 is 5.32 Å². The van der Waals surface area contributed by atoms with Crippen LogP contribution in [0.1, 0.15) is 56.8 Å². The number of carbonyl (C=O) groups excluding carboxylic acids is 1. The Bertz CT molecular complexity index is 790. The number of nitrogens with one attached hydrogen (secondary N) is 2. The number of hydrogen-bond donors (Lipinski definition) is 2. The number of piperazine rings is 1. The van der Waals surface area contributed by atoms with Gasteiger partial charge in [-0.15, -0.1) is 0 Å². The molecule has 2 aromatic rings. The van der Waals surface area contributed by atoms with Gasteiger partial charge in [-0.3, -0.25) is 4.90 Å². The van der Waals surface area contributed by atoms with Crippen LogP contribution in [0.25, 0.3) is 11.0 Å². The fourth-order valence-electron chi connectivity index (χ4n) is 3.47. The van der Waals surface area contributed by atoms with E-state index < -0.39 is 5.60 Å². The summed E-state index contributed by atoms with van der Waals surface area (Å²) in [7, 11) is 0. The number of ether oxygens (including phenoxy) is 1. The lowest BCUT2D eigenvalue weighted by atomic mass is 10.0. The number of hydrogen-bond acceptors (Lipinski definition) is 5. The van der Waals surface area contributed by atoms with E-state index in [1.807, 2.05) is 20.8 Å². The molecule has 1 amide bonds. The molecule has 2 N–H and O–H groups in total. The van der Waals surface area contributed by atoms with Gasteiger partial charge in [0.25, 0.3) is 0 Å². The highest BCUT2D eigenvalue weighted by atomic mass is 16.6. The number of aromatic nitrogens is 3. The van der Waals surface area contributed by atoms with Crippen LogP contribution in [0.5, 0.6) is 0 Å². The van der Waals surface area contributed by atoms with Crippen molar-refractivity contribution >= 4 is 17.1 Å². The Labute approximate surface area is 147 Å². The second kappa shape index (κ2) is 5.98. The Morgan fingerprint density at radius 1 is 1.32 bits per heavy atom. The van der Waals surface area contributed by atoms with Crippen molar-refractivity contribution in [1.29, 1.82) is 0 Å². The Kier molecular flexibility index (Phi) is 3.91. The molecule has 0 bridgehead atoms. The van der Waals surface area contributed by atoms with E-state index in [1.165, 1.54) is 18.4 Å². The van der Waals surface area contributed by atoms with Gasteiger partial charge < -0.3 is 15.0 Å². The van der Waals surface area contributed by atoms with E-state index >= 15 is 0 Å². The monoisotopic (exact) mass is 343 g/mol. The second-order valence-corrected chi connectivity index (χ2v) is 7.89. The van der Waals surface area contributed by atoms with Gasteiger partial charge in [-0.05, 0) is 45.1 Å². The lowest BCUT2D eigenvalue weighted by molar-refractivity contribution is 0.0115. The first-order valence-electron chi connectivity index (χ1n) is 8.96. The molecule has 1 aliphatic heterocycles. The molecular formula is C18H25N5O2. The average molecular weight is 343 g/mol. The third kappa shape index (κ3) is 3.20. The number of carbonyl (C=O) groups is 1. The van der Waals surface area contributed by atoms with E-state index in [0.29, 0.717) is 19.0 Å². The number of fused-ring (bicyclic) bond motifs is 1. The largest absolute Gasteiger partial charge is 0.444 e. The summed E-state index contributed by atoms with van der Waals surface area (Å²) in [6.45, 7) is 7.70. The zero-order valence-electron chi connectivity index (χ0n) is 15.0. The minimum absolute atomic E-state index is 0.151. The van der Waals surface area contributed by atoms with E-state index in [2.05, 4.69) is 26.5 Å². The number of rotatable bonds is 2. The van der Waals surface area contributed by atoms with Crippen LogP contribution in [0.4, 0.5) is 4.79 Å². The predicted molar refractivity (Wildman–Crippen MR) is 94.4 cm³/mol. The third-order valence-corrected chi connectivity index (χ3v) is 4.73. The van der Waals surface area contributed by atoms with Crippen LogP contribution in [0.2, 0.25) is 0 Å². The molecule has 25 heavy (non-hydrogen) atoms. The Morgan fingerprint density at radius 2 is 2.12 bits per heavy atom. The van der Waals surface area contributed by atoms with E-state index in [-0.39, 0.29) is 12.1 Å². The molecule has 0 aromatic carbocycles. The highest BCUT2D eigenvalue weighted by Gasteiger charge is 2.35. The van der Waals surface area contributed by atoms with E-state index in [9.17, 15) is 4.79 Å². The van der Waals surface area contributed by atoms with Gasteiger partial charge in [0.2, 0.25) is 0 Å². The van der Waals surface area contributed by atoms with Gasteiger partial charge in [-0.2, -0.15) is 0 Å². The molecule has 1 unspecified atom stereocenters. The molecule has 1 saturated carbocycles. The Hall–Kier alpha value is -2.15. The van der Waals surface area contributed by atoms with Crippen molar-refractivity contribution in [2.45, 2.75) is 51.2 Å². The first-order chi connectivity index (χ1) is 11.9. The quantitative estimate of drug-likeness (QED) is 0.876. The van der Waals surface area contributed by atoms with Crippen molar-refractivity contribution < 1.29 is 9.53 Å². The maximum absolute atomic E-state index is 12.7. The topological polar surface area (TPSA) is 83.1 Å². The van der Waals surface area contributed by atoms with Crippen LogP contribution >= 0.6 is 0 Å². The minimum Gasteiger partial charge on any atom is -0.444 e. The predicted octanol–water partition coefficient (Wildman–Crippen LogP) is 2.72. The number of H-pyrrole nitrogens is 1. The normalized spacial score (nSPS) is 21.6. The maximum Gasteiger partial charge on any atom is 0.410 e. The van der Waals surface area contributed by atoms with Crippen molar-refractivity contribution in [2.24, 2.45) is 0 Å². The maximum atomic E-state index is 12.7. The summed E-state index contributed by atoms with van der Waals surface area (Å²) in [6.07, 6.45) is 5.76. The van der Waals surface area contributed by atoms with Crippen LogP contribution in [0.3, 0.4) is 0 Å². The lowest BCUT2D eigenvalue weighted by Gasteiger charge is -2.37. The lowest BCUT2D eigenvalue weighted by Crippen LogP contribution is -2.50. The molecule has 2 fully saturated rings. The molecule has 2 aromatic heterocycles. The van der Waals surface area contributed by atoms with Gasteiger partial charge in [0, 0.05) is 31.2 Å². The molecule has 4 rings (SSSR count). The number of amides is 1. The Balaban J connectivity index is 1.72. The summed E-state index contributed by atoms with van der Waals surface area (Å²) in [4.78, 5) is 26.7. The molecule has 0 spiro atoms. The summed E-state index contributed by atoms with van der Waals surface area (Å²) in [5, 5.41) is 4.46. The SMILES string of the molecule is CC(C)(C)OC(=O)N1CCNCC1c1ncnc2[nH]cc(C3CC3)c12. The average Bonchev–Trinajstić information content (AvgIpc) is 3.32. The standard InChI is InChI=1S/C18H25N5O2/c1-18(2,3)25-17(24)23-7-6-19-9-13(23)15-14-12(11-4-5-11)8-20-16(14)22-10-21-15/h8,10-11,13,19H,4-7,9H2,1-3H3,(H,20,21,22). The van der Waals surface area contributed by atoms with Crippen LogP contribution in [0.15, 0.2) is 12.5 Å². The number of aromatic amines is 1. The summed E-state index contributed by atoms with van der Waals surface area (Å²) in [6, 6.07) is -0.151. The molecule has 1 aliphatic carbocycles. The van der Waals surface area contributed by atoms with Gasteiger partial charge in [0.15, 0.2) is 0 Å². The molecule has 7 nitrogen and oxygen atoms in total. The van der Waals surface area contributed by atoms with E-state index in [0.717, 1.165) is 23.3 Å². The smallest absolute Gasteiger partial charge is 0.410 e. The second-order valence-electron chi connectivity index (χ2n) is 7.89. The highest BCUT2D eigenvalue weighted by Crippen LogP contribution is 2.44. The summed E-state index contributed by atoms with van der Waals surface area (Å²) in [5.74, 6) is 0.588. The highest BCUT2D eigenvalue weighted by molar-refractivity contribution is 5.84. The minimum atomic E-state index is -0.513. The molecule has 0 radical (unpaired) electrons. The van der Waals surface area contributed by atoms with Gasteiger partial charge in [0.1, 0.15) is 17.6 Å². The van der Waals surface area contributed by atoms with E-state index in [4.69, 9.17) is 4.74 Å². The first-order valence-corrected chi connectivity index (χ1v) is 8.96. The van der Waals surface area contributed by atoms with Gasteiger partial charge in [0.05, 0.1) is 11.7 Å². The first kappa shape index (κ1) is 16.3. The van der Waals surface area contributed by atoms with Crippen molar-refractivity contribution in [3.8, 4) is 0 Å². The molecule has 1 atom stereocenters. The van der Waals surface area contributed by atoms with E-state index in [1.54, 1.807) is 11.2 Å². The van der Waals surface area contributed by atoms with Gasteiger partial charge in [-0.25, -0.2) is 14.8 Å². The molecule has 3 heterocycles. The van der Waals surface area contributed by atoms with Crippen LogP contribution in [0, 0.1) is 0 Å². The third-order valence-electron chi connectivity index (χ3n) is 4.73. The summed E-state index contributed by atoms with van der Waals surface area (Å²) < 4.78 is 5.62. The summed E-state index contributed by atoms with van der Waals surface area (Å²) in [5.41, 5.74) is 2.52. The zero-order valence-corrected chi connectivity index (χ0v) is 15.0. The fourth-order valence-corrected chi connectivity index (χ4v) is 3.47. The van der Waals surface area contributed by atoms with Crippen molar-refractivity contribution in [3.63, 3.8) is 0 Å². The van der Waals surface area contributed by atoms with Crippen molar-refractivity contribution in [1.82, 2.24) is 25.2 Å². The fraction of sp³-hybridized carbons (Fsp3) is 0.611. The molecular weight excluding hydrogens is 318 g/mol.